The second-order valence-corrected chi connectivity index (χ2v) is 7.92. The van der Waals surface area contributed by atoms with E-state index in [9.17, 15) is 9.59 Å². The molecule has 2 N–H and O–H groups in total. The van der Waals surface area contributed by atoms with Crippen molar-refractivity contribution in [1.82, 2.24) is 4.90 Å². The Kier molecular flexibility index (Phi) is 6.81. The summed E-state index contributed by atoms with van der Waals surface area (Å²) >= 11 is 11.9. The van der Waals surface area contributed by atoms with Crippen LogP contribution in [0.2, 0.25) is 10.0 Å². The van der Waals surface area contributed by atoms with Crippen molar-refractivity contribution in [3.05, 3.63) is 58.1 Å². The number of benzene rings is 2. The second kappa shape index (κ2) is 9.30. The van der Waals surface area contributed by atoms with Gasteiger partial charge in [0.15, 0.2) is 0 Å². The summed E-state index contributed by atoms with van der Waals surface area (Å²) in [4.78, 5) is 26.6. The Morgan fingerprint density at radius 1 is 1.07 bits per heavy atom. The van der Waals surface area contributed by atoms with Crippen LogP contribution >= 0.6 is 23.2 Å². The molecular formula is C21H23Cl2N3O2. The molecule has 0 aliphatic carbocycles. The summed E-state index contributed by atoms with van der Waals surface area (Å²) in [6.45, 7) is 3.93. The van der Waals surface area contributed by atoms with Gasteiger partial charge in [0.25, 0.3) is 5.91 Å². The fourth-order valence-electron chi connectivity index (χ4n) is 3.09. The van der Waals surface area contributed by atoms with Gasteiger partial charge in [-0.2, -0.15) is 0 Å². The molecule has 28 heavy (non-hydrogen) atoms. The van der Waals surface area contributed by atoms with Crippen LogP contribution in [0.5, 0.6) is 0 Å². The molecule has 1 fully saturated rings. The Hall–Kier alpha value is -2.24. The number of halogens is 2. The molecule has 3 rings (SSSR count). The molecule has 1 aliphatic rings. The van der Waals surface area contributed by atoms with Gasteiger partial charge in [-0.05, 0) is 61.2 Å². The van der Waals surface area contributed by atoms with Gasteiger partial charge in [0.05, 0.1) is 17.3 Å². The fourth-order valence-corrected chi connectivity index (χ4v) is 3.55. The number of likely N-dealkylation sites (tertiary alicyclic amines) is 1. The summed E-state index contributed by atoms with van der Waals surface area (Å²) in [7, 11) is 0. The third-order valence-electron chi connectivity index (χ3n) is 4.86. The van der Waals surface area contributed by atoms with Gasteiger partial charge in [0, 0.05) is 29.4 Å². The lowest BCUT2D eigenvalue weighted by atomic mass is 9.98. The van der Waals surface area contributed by atoms with E-state index in [1.54, 1.807) is 30.3 Å². The molecule has 0 atom stereocenters. The number of anilines is 2. The number of carbonyl (C=O) groups excluding carboxylic acids is 2. The quantitative estimate of drug-likeness (QED) is 0.722. The molecule has 7 heteroatoms. The van der Waals surface area contributed by atoms with E-state index in [0.29, 0.717) is 27.2 Å². The van der Waals surface area contributed by atoms with E-state index in [1.807, 2.05) is 17.0 Å². The summed E-state index contributed by atoms with van der Waals surface area (Å²) in [5.41, 5.74) is 1.94. The third kappa shape index (κ3) is 5.40. The molecule has 2 amide bonds. The topological polar surface area (TPSA) is 61.4 Å². The van der Waals surface area contributed by atoms with E-state index in [4.69, 9.17) is 23.2 Å². The van der Waals surface area contributed by atoms with Crippen LogP contribution in [0, 0.1) is 5.92 Å². The number of nitrogens with one attached hydrogen (secondary N) is 2. The Morgan fingerprint density at radius 2 is 1.75 bits per heavy atom. The molecule has 5 nitrogen and oxygen atoms in total. The zero-order chi connectivity index (χ0) is 20.1. The van der Waals surface area contributed by atoms with Gasteiger partial charge in [-0.3, -0.25) is 9.59 Å². The number of nitrogens with zero attached hydrogens (tertiary/aromatic N) is 1. The Balaban J connectivity index is 1.51. The first-order valence-corrected chi connectivity index (χ1v) is 10.1. The van der Waals surface area contributed by atoms with Gasteiger partial charge in [0.2, 0.25) is 5.91 Å². The molecule has 0 aromatic heterocycles. The molecular weight excluding hydrogens is 397 g/mol. The molecule has 0 unspecified atom stereocenters. The molecule has 2 aromatic rings. The molecule has 1 aliphatic heterocycles. The summed E-state index contributed by atoms with van der Waals surface area (Å²) < 4.78 is 0. The number of amides is 2. The lowest BCUT2D eigenvalue weighted by molar-refractivity contribution is -0.114. The monoisotopic (exact) mass is 419 g/mol. The Bertz CT molecular complexity index is 847. The fraction of sp³-hybridized carbons (Fsp3) is 0.333. The van der Waals surface area contributed by atoms with E-state index in [2.05, 4.69) is 17.6 Å². The molecule has 148 valence electrons. The first-order chi connectivity index (χ1) is 13.4. The normalized spacial score (nSPS) is 14.6. The van der Waals surface area contributed by atoms with Crippen LogP contribution in [0.3, 0.4) is 0 Å². The number of hydrogen-bond acceptors (Lipinski definition) is 3. The van der Waals surface area contributed by atoms with E-state index in [1.165, 1.54) is 0 Å². The predicted molar refractivity (Wildman–Crippen MR) is 114 cm³/mol. The molecule has 1 saturated heterocycles. The largest absolute Gasteiger partial charge is 0.376 e. The SMILES string of the molecule is CC1CCN(C(=O)c2ccc(NCC(=O)Nc3ccc(Cl)cc3Cl)cc2)CC1. The lowest BCUT2D eigenvalue weighted by Crippen LogP contribution is -2.37. The molecule has 0 spiro atoms. The second-order valence-electron chi connectivity index (χ2n) is 7.08. The maximum Gasteiger partial charge on any atom is 0.253 e. The minimum Gasteiger partial charge on any atom is -0.376 e. The van der Waals surface area contributed by atoms with Gasteiger partial charge in [-0.25, -0.2) is 0 Å². The maximum absolute atomic E-state index is 12.6. The maximum atomic E-state index is 12.6. The zero-order valence-corrected chi connectivity index (χ0v) is 17.2. The van der Waals surface area contributed by atoms with Crippen molar-refractivity contribution < 1.29 is 9.59 Å². The van der Waals surface area contributed by atoms with Gasteiger partial charge in [-0.1, -0.05) is 30.1 Å². The van der Waals surface area contributed by atoms with Crippen molar-refractivity contribution in [2.45, 2.75) is 19.8 Å². The van der Waals surface area contributed by atoms with E-state index in [-0.39, 0.29) is 18.4 Å². The highest BCUT2D eigenvalue weighted by Gasteiger charge is 2.21. The summed E-state index contributed by atoms with van der Waals surface area (Å²) in [6.07, 6.45) is 2.11. The van der Waals surface area contributed by atoms with Gasteiger partial charge in [-0.15, -0.1) is 0 Å². The van der Waals surface area contributed by atoms with Crippen molar-refractivity contribution in [1.29, 1.82) is 0 Å². The number of rotatable bonds is 5. The molecule has 1 heterocycles. The van der Waals surface area contributed by atoms with Crippen LogP contribution in [-0.2, 0) is 4.79 Å². The van der Waals surface area contributed by atoms with Crippen molar-refractivity contribution in [2.75, 3.05) is 30.3 Å². The van der Waals surface area contributed by atoms with Crippen LogP contribution < -0.4 is 10.6 Å². The van der Waals surface area contributed by atoms with Gasteiger partial charge < -0.3 is 15.5 Å². The van der Waals surface area contributed by atoms with E-state index < -0.39 is 0 Å². The first kappa shape index (κ1) is 20.5. The minimum absolute atomic E-state index is 0.0635. The van der Waals surface area contributed by atoms with Crippen LogP contribution in [0.15, 0.2) is 42.5 Å². The number of piperidine rings is 1. The van der Waals surface area contributed by atoms with Gasteiger partial charge >= 0.3 is 0 Å². The summed E-state index contributed by atoms with van der Waals surface area (Å²) in [5.74, 6) is 0.518. The third-order valence-corrected chi connectivity index (χ3v) is 5.41. The smallest absolute Gasteiger partial charge is 0.253 e. The minimum atomic E-state index is -0.230. The summed E-state index contributed by atoms with van der Waals surface area (Å²) in [5, 5.41) is 6.67. The number of hydrogen-bond donors (Lipinski definition) is 2. The highest BCUT2D eigenvalue weighted by atomic mass is 35.5. The van der Waals surface area contributed by atoms with Crippen LogP contribution in [0.4, 0.5) is 11.4 Å². The zero-order valence-electron chi connectivity index (χ0n) is 15.7. The molecule has 2 aromatic carbocycles. The Labute approximate surface area is 175 Å². The lowest BCUT2D eigenvalue weighted by Gasteiger charge is -2.30. The van der Waals surface area contributed by atoms with E-state index >= 15 is 0 Å². The van der Waals surface area contributed by atoms with Crippen molar-refractivity contribution in [2.24, 2.45) is 5.92 Å². The average Bonchev–Trinajstić information content (AvgIpc) is 2.69. The number of carbonyl (C=O) groups is 2. The Morgan fingerprint density at radius 3 is 2.39 bits per heavy atom. The molecule has 0 saturated carbocycles. The first-order valence-electron chi connectivity index (χ1n) is 9.30. The molecule has 0 radical (unpaired) electrons. The predicted octanol–water partition coefficient (Wildman–Crippen LogP) is 4.92. The standard InChI is InChI=1S/C21H23Cl2N3O2/c1-14-8-10-26(11-9-14)21(28)15-2-5-17(6-3-15)24-13-20(27)25-19-7-4-16(22)12-18(19)23/h2-7,12,14,24H,8-11,13H2,1H3,(H,25,27). The van der Waals surface area contributed by atoms with Gasteiger partial charge in [0.1, 0.15) is 0 Å². The average molecular weight is 420 g/mol. The summed E-state index contributed by atoms with van der Waals surface area (Å²) in [6, 6.07) is 12.1. The molecule has 0 bridgehead atoms. The van der Waals surface area contributed by atoms with Crippen molar-refractivity contribution >= 4 is 46.4 Å². The van der Waals surface area contributed by atoms with Crippen LogP contribution in [-0.4, -0.2) is 36.3 Å². The van der Waals surface area contributed by atoms with Crippen molar-refractivity contribution in [3.63, 3.8) is 0 Å². The highest BCUT2D eigenvalue weighted by molar-refractivity contribution is 6.36. The van der Waals surface area contributed by atoms with Crippen molar-refractivity contribution in [3.8, 4) is 0 Å². The van der Waals surface area contributed by atoms with Crippen LogP contribution in [0.25, 0.3) is 0 Å². The van der Waals surface area contributed by atoms with E-state index in [0.717, 1.165) is 31.6 Å². The highest BCUT2D eigenvalue weighted by Crippen LogP contribution is 2.25. The van der Waals surface area contributed by atoms with Crippen LogP contribution in [0.1, 0.15) is 30.1 Å².